The van der Waals surface area contributed by atoms with Crippen LogP contribution in [0.5, 0.6) is 11.5 Å². The molecule has 2 rings (SSSR count). The van der Waals surface area contributed by atoms with Crippen LogP contribution in [0.2, 0.25) is 0 Å². The van der Waals surface area contributed by atoms with Crippen molar-refractivity contribution in [2.75, 3.05) is 5.73 Å². The number of pyridine rings is 1. The number of nitrogen functional groups attached to an aromatic ring is 1. The van der Waals surface area contributed by atoms with E-state index < -0.39 is 11.6 Å². The van der Waals surface area contributed by atoms with E-state index in [1.165, 1.54) is 24.5 Å². The molecule has 1 heterocycles. The van der Waals surface area contributed by atoms with Gasteiger partial charge in [0, 0.05) is 16.7 Å². The lowest BCUT2D eigenvalue weighted by atomic mass is 10.3. The van der Waals surface area contributed by atoms with Crippen molar-refractivity contribution >= 4 is 21.6 Å². The first-order valence-electron chi connectivity index (χ1n) is 4.60. The van der Waals surface area contributed by atoms with Gasteiger partial charge in [-0.2, -0.15) is 4.39 Å². The van der Waals surface area contributed by atoms with Crippen molar-refractivity contribution in [3.8, 4) is 11.5 Å². The van der Waals surface area contributed by atoms with E-state index in [2.05, 4.69) is 20.9 Å². The number of anilines is 1. The van der Waals surface area contributed by atoms with Crippen molar-refractivity contribution in [1.29, 1.82) is 0 Å². The third-order valence-electron chi connectivity index (χ3n) is 1.99. The zero-order chi connectivity index (χ0) is 12.4. The quantitative estimate of drug-likeness (QED) is 0.864. The van der Waals surface area contributed by atoms with E-state index >= 15 is 0 Å². The molecule has 0 aliphatic rings. The number of nitrogens with zero attached hydrogens (tertiary/aromatic N) is 1. The fraction of sp³-hybridized carbons (Fsp3) is 0. The number of rotatable bonds is 2. The Labute approximate surface area is 104 Å². The Hall–Kier alpha value is -1.69. The van der Waals surface area contributed by atoms with Crippen LogP contribution < -0.4 is 10.5 Å². The third kappa shape index (κ3) is 2.52. The highest BCUT2D eigenvalue weighted by Gasteiger charge is 2.13. The van der Waals surface area contributed by atoms with Gasteiger partial charge in [-0.3, -0.25) is 4.98 Å². The molecule has 17 heavy (non-hydrogen) atoms. The molecule has 2 N–H and O–H groups in total. The van der Waals surface area contributed by atoms with Gasteiger partial charge in [0.05, 0.1) is 11.9 Å². The van der Waals surface area contributed by atoms with Crippen LogP contribution in [0.15, 0.2) is 35.1 Å². The molecule has 0 saturated carbocycles. The van der Waals surface area contributed by atoms with Crippen LogP contribution in [0, 0.1) is 11.6 Å². The number of aromatic nitrogens is 1. The second-order valence-electron chi connectivity index (χ2n) is 3.22. The molecule has 6 heteroatoms. The fourth-order valence-corrected chi connectivity index (χ4v) is 1.62. The Morgan fingerprint density at radius 2 is 2.00 bits per heavy atom. The lowest BCUT2D eigenvalue weighted by molar-refractivity contribution is 0.416. The van der Waals surface area contributed by atoms with E-state index in [0.29, 0.717) is 4.47 Å². The molecule has 0 bridgehead atoms. The number of hydrogen-bond acceptors (Lipinski definition) is 3. The summed E-state index contributed by atoms with van der Waals surface area (Å²) in [5.74, 6) is -2.09. The van der Waals surface area contributed by atoms with Gasteiger partial charge in [-0.05, 0) is 12.1 Å². The van der Waals surface area contributed by atoms with Crippen molar-refractivity contribution in [3.63, 3.8) is 0 Å². The average Bonchev–Trinajstić information content (AvgIpc) is 2.28. The smallest absolute Gasteiger partial charge is 0.201 e. The molecule has 0 saturated heterocycles. The van der Waals surface area contributed by atoms with Crippen LogP contribution in [0.3, 0.4) is 0 Å². The second-order valence-corrected chi connectivity index (χ2v) is 4.13. The molecule has 0 aliphatic heterocycles. The van der Waals surface area contributed by atoms with Gasteiger partial charge < -0.3 is 10.5 Å². The molecular weight excluding hydrogens is 294 g/mol. The summed E-state index contributed by atoms with van der Waals surface area (Å²) < 4.78 is 32.1. The normalized spacial score (nSPS) is 10.3. The van der Waals surface area contributed by atoms with Gasteiger partial charge in [-0.25, -0.2) is 4.39 Å². The van der Waals surface area contributed by atoms with Crippen molar-refractivity contribution in [2.24, 2.45) is 0 Å². The molecule has 0 spiro atoms. The van der Waals surface area contributed by atoms with Crippen molar-refractivity contribution in [3.05, 3.63) is 46.7 Å². The van der Waals surface area contributed by atoms with E-state index in [4.69, 9.17) is 10.5 Å². The van der Waals surface area contributed by atoms with E-state index in [9.17, 15) is 8.78 Å². The largest absolute Gasteiger partial charge is 0.452 e. The van der Waals surface area contributed by atoms with Gasteiger partial charge in [0.2, 0.25) is 5.82 Å². The summed E-state index contributed by atoms with van der Waals surface area (Å²) in [5, 5.41) is 0. The molecule has 3 nitrogen and oxygen atoms in total. The third-order valence-corrected chi connectivity index (χ3v) is 2.45. The van der Waals surface area contributed by atoms with Crippen LogP contribution in [-0.2, 0) is 0 Å². The summed E-state index contributed by atoms with van der Waals surface area (Å²) in [5.41, 5.74) is 5.82. The van der Waals surface area contributed by atoms with Crippen LogP contribution in [0.25, 0.3) is 0 Å². The topological polar surface area (TPSA) is 48.1 Å². The van der Waals surface area contributed by atoms with Gasteiger partial charge in [-0.1, -0.05) is 15.9 Å². The zero-order valence-electron chi connectivity index (χ0n) is 8.45. The average molecular weight is 301 g/mol. The summed E-state index contributed by atoms with van der Waals surface area (Å²) in [7, 11) is 0. The van der Waals surface area contributed by atoms with E-state index in [1.807, 2.05) is 0 Å². The molecule has 2 aromatic rings. The summed E-state index contributed by atoms with van der Waals surface area (Å²) in [6.45, 7) is 0. The zero-order valence-corrected chi connectivity index (χ0v) is 10.0. The fourth-order valence-electron chi connectivity index (χ4n) is 1.21. The first-order chi connectivity index (χ1) is 8.08. The first kappa shape index (κ1) is 11.8. The molecular formula is C11H7BrF2N2O. The van der Waals surface area contributed by atoms with E-state index in [1.54, 1.807) is 0 Å². The lowest BCUT2D eigenvalue weighted by Gasteiger charge is -2.09. The van der Waals surface area contributed by atoms with Crippen molar-refractivity contribution in [2.45, 2.75) is 0 Å². The predicted molar refractivity (Wildman–Crippen MR) is 62.8 cm³/mol. The maximum Gasteiger partial charge on any atom is 0.201 e. The van der Waals surface area contributed by atoms with E-state index in [0.717, 1.165) is 6.07 Å². The SMILES string of the molecule is Nc1cnccc1Oc1cc(Br)cc(F)c1F. The minimum Gasteiger partial charge on any atom is -0.452 e. The molecule has 0 fully saturated rings. The van der Waals surface area contributed by atoms with E-state index in [-0.39, 0.29) is 17.2 Å². The highest BCUT2D eigenvalue weighted by molar-refractivity contribution is 9.10. The Bertz CT molecular complexity index is 563. The van der Waals surface area contributed by atoms with Crippen LogP contribution in [-0.4, -0.2) is 4.98 Å². The molecule has 0 aliphatic carbocycles. The Morgan fingerprint density at radius 3 is 2.71 bits per heavy atom. The minimum absolute atomic E-state index is 0.219. The van der Waals surface area contributed by atoms with Crippen LogP contribution in [0.4, 0.5) is 14.5 Å². The van der Waals surface area contributed by atoms with Gasteiger partial charge in [0.15, 0.2) is 17.3 Å². The number of nitrogens with two attached hydrogens (primary N) is 1. The molecule has 88 valence electrons. The van der Waals surface area contributed by atoms with Gasteiger partial charge in [-0.15, -0.1) is 0 Å². The van der Waals surface area contributed by atoms with Crippen LogP contribution in [0.1, 0.15) is 0 Å². The molecule has 0 amide bonds. The highest BCUT2D eigenvalue weighted by Crippen LogP contribution is 2.31. The monoisotopic (exact) mass is 300 g/mol. The maximum atomic E-state index is 13.4. The maximum absolute atomic E-state index is 13.4. The second kappa shape index (κ2) is 4.67. The van der Waals surface area contributed by atoms with Gasteiger partial charge >= 0.3 is 0 Å². The lowest BCUT2D eigenvalue weighted by Crippen LogP contribution is -1.96. The Kier molecular flexibility index (Phi) is 3.23. The molecule has 0 unspecified atom stereocenters. The predicted octanol–water partition coefficient (Wildman–Crippen LogP) is 3.50. The first-order valence-corrected chi connectivity index (χ1v) is 5.39. The number of hydrogen-bond donors (Lipinski definition) is 1. The summed E-state index contributed by atoms with van der Waals surface area (Å²) in [4.78, 5) is 3.76. The number of halogens is 3. The summed E-state index contributed by atoms with van der Waals surface area (Å²) >= 11 is 3.05. The Balaban J connectivity index is 2.40. The van der Waals surface area contributed by atoms with Gasteiger partial charge in [0.1, 0.15) is 0 Å². The minimum atomic E-state index is -1.07. The Morgan fingerprint density at radius 1 is 1.24 bits per heavy atom. The summed E-state index contributed by atoms with van der Waals surface area (Å²) in [6.07, 6.45) is 2.81. The van der Waals surface area contributed by atoms with Crippen molar-refractivity contribution < 1.29 is 13.5 Å². The van der Waals surface area contributed by atoms with Gasteiger partial charge in [0.25, 0.3) is 0 Å². The standard InChI is InChI=1S/C11H7BrF2N2O/c12-6-3-7(13)11(14)10(4-6)17-9-1-2-16-5-8(9)15/h1-5H,15H2. The van der Waals surface area contributed by atoms with Crippen molar-refractivity contribution in [1.82, 2.24) is 4.98 Å². The molecule has 0 atom stereocenters. The number of benzene rings is 1. The molecule has 1 aromatic heterocycles. The number of ether oxygens (including phenoxy) is 1. The molecule has 0 radical (unpaired) electrons. The summed E-state index contributed by atoms with van der Waals surface area (Å²) in [6, 6.07) is 3.80. The van der Waals surface area contributed by atoms with Crippen LogP contribution >= 0.6 is 15.9 Å². The highest BCUT2D eigenvalue weighted by atomic mass is 79.9. The molecule has 1 aromatic carbocycles.